The number of anilines is 1. The second-order valence-electron chi connectivity index (χ2n) is 5.32. The Morgan fingerprint density at radius 3 is 2.68 bits per heavy atom. The van der Waals surface area contributed by atoms with E-state index in [1.54, 1.807) is 11.3 Å². The van der Waals surface area contributed by atoms with Gasteiger partial charge in [0.25, 0.3) is 0 Å². The second kappa shape index (κ2) is 5.29. The first kappa shape index (κ1) is 12.6. The molecule has 1 aliphatic heterocycles. The van der Waals surface area contributed by atoms with E-state index in [1.165, 1.54) is 36.5 Å². The van der Waals surface area contributed by atoms with Crippen molar-refractivity contribution < 1.29 is 0 Å². The lowest BCUT2D eigenvalue weighted by molar-refractivity contribution is 0.885. The average molecular weight is 273 g/mol. The molecule has 0 aliphatic carbocycles. The molecule has 3 rings (SSSR count). The molecule has 19 heavy (non-hydrogen) atoms. The van der Waals surface area contributed by atoms with E-state index >= 15 is 0 Å². The zero-order valence-corrected chi connectivity index (χ0v) is 12.3. The molecular weight excluding hydrogens is 254 g/mol. The normalized spacial score (nSPS) is 15.4. The van der Waals surface area contributed by atoms with Crippen LogP contribution in [0, 0.1) is 0 Å². The molecule has 1 saturated heterocycles. The van der Waals surface area contributed by atoms with Crippen LogP contribution in [0.2, 0.25) is 0 Å². The highest BCUT2D eigenvalue weighted by atomic mass is 32.1. The van der Waals surface area contributed by atoms with Crippen molar-refractivity contribution in [1.82, 2.24) is 9.97 Å². The number of nitrogens with zero attached hydrogens (tertiary/aromatic N) is 3. The van der Waals surface area contributed by atoms with Gasteiger partial charge in [0.15, 0.2) is 0 Å². The maximum Gasteiger partial charge on any atom is 0.142 e. The van der Waals surface area contributed by atoms with Crippen LogP contribution in [0.4, 0.5) is 5.69 Å². The first-order valence-electron chi connectivity index (χ1n) is 6.91. The van der Waals surface area contributed by atoms with Gasteiger partial charge >= 0.3 is 0 Å². The Morgan fingerprint density at radius 2 is 2.00 bits per heavy atom. The third kappa shape index (κ3) is 2.63. The van der Waals surface area contributed by atoms with Crippen molar-refractivity contribution in [2.45, 2.75) is 32.6 Å². The minimum absolute atomic E-state index is 0.535. The lowest BCUT2D eigenvalue weighted by Crippen LogP contribution is -2.17. The maximum absolute atomic E-state index is 4.51. The fraction of sp³-hybridized carbons (Fsp3) is 0.467. The zero-order chi connectivity index (χ0) is 13.2. The Bertz CT molecular complexity index is 556. The molecule has 0 unspecified atom stereocenters. The number of thiazole rings is 1. The van der Waals surface area contributed by atoms with Crippen LogP contribution in [0.3, 0.4) is 0 Å². The zero-order valence-electron chi connectivity index (χ0n) is 11.5. The smallest absolute Gasteiger partial charge is 0.142 e. The standard InChI is InChI=1S/C15H19N3S/c1-11(2)14-10-17-15(19-14)13-9-12(5-6-16-13)18-7-3-4-8-18/h5-6,9-11H,3-4,7-8H2,1-2H3. The third-order valence-corrected chi connectivity index (χ3v) is 4.85. The highest BCUT2D eigenvalue weighted by Gasteiger charge is 2.14. The van der Waals surface area contributed by atoms with E-state index in [4.69, 9.17) is 0 Å². The molecule has 0 bridgehead atoms. The molecule has 0 amide bonds. The SMILES string of the molecule is CC(C)c1cnc(-c2cc(N3CCCC3)ccn2)s1. The van der Waals surface area contributed by atoms with Gasteiger partial charge in [-0.1, -0.05) is 13.8 Å². The minimum Gasteiger partial charge on any atom is -0.371 e. The Hall–Kier alpha value is -1.42. The van der Waals surface area contributed by atoms with Crippen LogP contribution in [0.1, 0.15) is 37.5 Å². The molecular formula is C15H19N3S. The molecule has 3 heterocycles. The highest BCUT2D eigenvalue weighted by Crippen LogP contribution is 2.30. The number of pyridine rings is 1. The molecule has 3 nitrogen and oxygen atoms in total. The van der Waals surface area contributed by atoms with E-state index < -0.39 is 0 Å². The van der Waals surface area contributed by atoms with Gasteiger partial charge in [0.05, 0.1) is 0 Å². The number of aromatic nitrogens is 2. The van der Waals surface area contributed by atoms with Crippen molar-refractivity contribution in [3.63, 3.8) is 0 Å². The Balaban J connectivity index is 1.89. The molecule has 0 saturated carbocycles. The van der Waals surface area contributed by atoms with Crippen LogP contribution in [-0.4, -0.2) is 23.1 Å². The van der Waals surface area contributed by atoms with E-state index in [0.29, 0.717) is 5.92 Å². The fourth-order valence-corrected chi connectivity index (χ4v) is 3.27. The second-order valence-corrected chi connectivity index (χ2v) is 6.38. The maximum atomic E-state index is 4.51. The van der Waals surface area contributed by atoms with Gasteiger partial charge in [0, 0.05) is 36.0 Å². The lowest BCUT2D eigenvalue weighted by atomic mass is 10.2. The molecule has 0 radical (unpaired) electrons. The molecule has 2 aromatic heterocycles. The van der Waals surface area contributed by atoms with Crippen LogP contribution in [-0.2, 0) is 0 Å². The summed E-state index contributed by atoms with van der Waals surface area (Å²) in [6.07, 6.45) is 6.48. The monoisotopic (exact) mass is 273 g/mol. The fourth-order valence-electron chi connectivity index (χ4n) is 2.38. The molecule has 0 spiro atoms. The van der Waals surface area contributed by atoms with E-state index in [-0.39, 0.29) is 0 Å². The molecule has 1 aliphatic rings. The average Bonchev–Trinajstić information content (AvgIpc) is 3.10. The van der Waals surface area contributed by atoms with Crippen molar-refractivity contribution in [3.05, 3.63) is 29.4 Å². The topological polar surface area (TPSA) is 29.0 Å². The summed E-state index contributed by atoms with van der Waals surface area (Å²) in [5.74, 6) is 0.535. The largest absolute Gasteiger partial charge is 0.371 e. The molecule has 2 aromatic rings. The van der Waals surface area contributed by atoms with Crippen molar-refractivity contribution in [2.75, 3.05) is 18.0 Å². The third-order valence-electron chi connectivity index (χ3n) is 3.53. The molecule has 1 fully saturated rings. The summed E-state index contributed by atoms with van der Waals surface area (Å²) in [6, 6.07) is 4.28. The van der Waals surface area contributed by atoms with Crippen molar-refractivity contribution in [2.24, 2.45) is 0 Å². The van der Waals surface area contributed by atoms with Gasteiger partial charge in [-0.2, -0.15) is 0 Å². The Kier molecular flexibility index (Phi) is 3.51. The van der Waals surface area contributed by atoms with Gasteiger partial charge < -0.3 is 4.90 Å². The van der Waals surface area contributed by atoms with E-state index in [1.807, 2.05) is 12.4 Å². The van der Waals surface area contributed by atoms with Crippen LogP contribution in [0.5, 0.6) is 0 Å². The quantitative estimate of drug-likeness (QED) is 0.848. The van der Waals surface area contributed by atoms with E-state index in [2.05, 4.69) is 40.8 Å². The van der Waals surface area contributed by atoms with E-state index in [0.717, 1.165) is 10.7 Å². The number of hydrogen-bond acceptors (Lipinski definition) is 4. The molecule has 4 heteroatoms. The minimum atomic E-state index is 0.535. The lowest BCUT2D eigenvalue weighted by Gasteiger charge is -2.17. The van der Waals surface area contributed by atoms with Crippen molar-refractivity contribution >= 4 is 17.0 Å². The summed E-state index contributed by atoms with van der Waals surface area (Å²) in [7, 11) is 0. The van der Waals surface area contributed by atoms with Crippen molar-refractivity contribution in [3.8, 4) is 10.7 Å². The van der Waals surface area contributed by atoms with Crippen LogP contribution in [0.15, 0.2) is 24.5 Å². The molecule has 100 valence electrons. The van der Waals surface area contributed by atoms with E-state index in [9.17, 15) is 0 Å². The highest BCUT2D eigenvalue weighted by molar-refractivity contribution is 7.15. The summed E-state index contributed by atoms with van der Waals surface area (Å²) in [6.45, 7) is 6.73. The van der Waals surface area contributed by atoms with Crippen LogP contribution in [0.25, 0.3) is 10.7 Å². The number of hydrogen-bond donors (Lipinski definition) is 0. The Morgan fingerprint density at radius 1 is 1.21 bits per heavy atom. The summed E-state index contributed by atoms with van der Waals surface area (Å²) < 4.78 is 0. The van der Waals surface area contributed by atoms with Gasteiger partial charge in [-0.05, 0) is 30.9 Å². The number of rotatable bonds is 3. The first-order valence-corrected chi connectivity index (χ1v) is 7.73. The Labute approximate surface area is 118 Å². The summed E-state index contributed by atoms with van der Waals surface area (Å²) in [5.41, 5.74) is 2.28. The predicted molar refractivity (Wildman–Crippen MR) is 80.9 cm³/mol. The summed E-state index contributed by atoms with van der Waals surface area (Å²) in [4.78, 5) is 12.7. The molecule has 0 N–H and O–H groups in total. The van der Waals surface area contributed by atoms with Crippen molar-refractivity contribution in [1.29, 1.82) is 0 Å². The molecule has 0 aromatic carbocycles. The van der Waals surface area contributed by atoms with Gasteiger partial charge in [0.1, 0.15) is 10.7 Å². The van der Waals surface area contributed by atoms with Crippen LogP contribution < -0.4 is 4.90 Å². The summed E-state index contributed by atoms with van der Waals surface area (Å²) >= 11 is 1.75. The van der Waals surface area contributed by atoms with Gasteiger partial charge in [-0.25, -0.2) is 4.98 Å². The predicted octanol–water partition coefficient (Wildman–Crippen LogP) is 3.93. The summed E-state index contributed by atoms with van der Waals surface area (Å²) in [5, 5.41) is 1.03. The van der Waals surface area contributed by atoms with Gasteiger partial charge in [-0.15, -0.1) is 11.3 Å². The van der Waals surface area contributed by atoms with Gasteiger partial charge in [-0.3, -0.25) is 4.98 Å². The van der Waals surface area contributed by atoms with Crippen LogP contribution >= 0.6 is 11.3 Å². The molecule has 0 atom stereocenters. The first-order chi connectivity index (χ1) is 9.24. The van der Waals surface area contributed by atoms with Gasteiger partial charge in [0.2, 0.25) is 0 Å².